The van der Waals surface area contributed by atoms with Gasteiger partial charge in [0.2, 0.25) is 10.0 Å². The summed E-state index contributed by atoms with van der Waals surface area (Å²) in [4.78, 5) is 24.5. The van der Waals surface area contributed by atoms with Gasteiger partial charge in [-0.1, -0.05) is 0 Å². The Morgan fingerprint density at radius 3 is 2.42 bits per heavy atom. The molecule has 1 fully saturated rings. The van der Waals surface area contributed by atoms with Crippen molar-refractivity contribution in [3.8, 4) is 5.75 Å². The van der Waals surface area contributed by atoms with Crippen LogP contribution in [0.25, 0.3) is 0 Å². The molecule has 2 aromatic carbocycles. The van der Waals surface area contributed by atoms with Gasteiger partial charge in [-0.15, -0.1) is 0 Å². The van der Waals surface area contributed by atoms with Crippen LogP contribution < -0.4 is 4.74 Å². The van der Waals surface area contributed by atoms with E-state index in [1.165, 1.54) is 31.4 Å². The topological polar surface area (TPSA) is 110 Å². The predicted octanol–water partition coefficient (Wildman–Crippen LogP) is 1.52. The number of nitrogens with zero attached hydrogens (tertiary/aromatic N) is 1. The zero-order valence-electron chi connectivity index (χ0n) is 16.3. The SMILES string of the molecule is COc1ccc(S(=O)(=O)N2CC(O)CC2C(=O)OCC(=O)c2ccc(F)c(F)c2)cc1. The van der Waals surface area contributed by atoms with E-state index in [1.807, 2.05) is 0 Å². The second kappa shape index (κ2) is 9.08. The number of Topliss-reactive ketones (excluding diaryl/α,β-unsaturated/α-hetero) is 1. The van der Waals surface area contributed by atoms with Gasteiger partial charge in [0.25, 0.3) is 0 Å². The molecule has 0 saturated carbocycles. The molecule has 1 aliphatic heterocycles. The van der Waals surface area contributed by atoms with E-state index in [2.05, 4.69) is 0 Å². The van der Waals surface area contributed by atoms with E-state index in [-0.39, 0.29) is 23.4 Å². The molecule has 8 nitrogen and oxygen atoms in total. The van der Waals surface area contributed by atoms with Gasteiger partial charge >= 0.3 is 5.97 Å². The molecule has 31 heavy (non-hydrogen) atoms. The lowest BCUT2D eigenvalue weighted by molar-refractivity contribution is -0.146. The Kier molecular flexibility index (Phi) is 6.68. The number of sulfonamides is 1. The summed E-state index contributed by atoms with van der Waals surface area (Å²) >= 11 is 0. The Morgan fingerprint density at radius 2 is 1.81 bits per heavy atom. The number of rotatable bonds is 7. The van der Waals surface area contributed by atoms with Crippen LogP contribution in [0, 0.1) is 11.6 Å². The number of ketones is 1. The van der Waals surface area contributed by atoms with E-state index in [9.17, 15) is 31.9 Å². The van der Waals surface area contributed by atoms with Crippen molar-refractivity contribution in [1.29, 1.82) is 0 Å². The Morgan fingerprint density at radius 1 is 1.13 bits per heavy atom. The van der Waals surface area contributed by atoms with Gasteiger partial charge in [-0.05, 0) is 42.5 Å². The van der Waals surface area contributed by atoms with Crippen molar-refractivity contribution in [1.82, 2.24) is 4.31 Å². The first kappa shape index (κ1) is 22.8. The molecule has 166 valence electrons. The molecule has 1 N–H and O–H groups in total. The van der Waals surface area contributed by atoms with E-state index in [1.54, 1.807) is 0 Å². The number of hydrogen-bond acceptors (Lipinski definition) is 7. The quantitative estimate of drug-likeness (QED) is 0.498. The molecule has 0 aromatic heterocycles. The first-order valence-electron chi connectivity index (χ1n) is 9.12. The second-order valence-corrected chi connectivity index (χ2v) is 8.71. The highest BCUT2D eigenvalue weighted by molar-refractivity contribution is 7.89. The van der Waals surface area contributed by atoms with Crippen molar-refractivity contribution in [2.75, 3.05) is 20.3 Å². The van der Waals surface area contributed by atoms with Crippen molar-refractivity contribution in [3.63, 3.8) is 0 Å². The third-order valence-corrected chi connectivity index (χ3v) is 6.65. The summed E-state index contributed by atoms with van der Waals surface area (Å²) < 4.78 is 62.9. The third kappa shape index (κ3) is 4.89. The first-order chi connectivity index (χ1) is 14.6. The van der Waals surface area contributed by atoms with Crippen molar-refractivity contribution in [3.05, 3.63) is 59.7 Å². The fourth-order valence-corrected chi connectivity index (χ4v) is 4.76. The highest BCUT2D eigenvalue weighted by atomic mass is 32.2. The summed E-state index contributed by atoms with van der Waals surface area (Å²) in [5, 5.41) is 9.95. The summed E-state index contributed by atoms with van der Waals surface area (Å²) in [6, 6.07) is 6.60. The maximum absolute atomic E-state index is 13.3. The first-order valence-corrected chi connectivity index (χ1v) is 10.6. The van der Waals surface area contributed by atoms with Crippen LogP contribution in [0.4, 0.5) is 8.78 Å². The van der Waals surface area contributed by atoms with Crippen LogP contribution in [0.1, 0.15) is 16.8 Å². The van der Waals surface area contributed by atoms with E-state index in [0.717, 1.165) is 16.4 Å². The molecule has 1 heterocycles. The van der Waals surface area contributed by atoms with Crippen molar-refractivity contribution >= 4 is 21.8 Å². The molecule has 0 amide bonds. The van der Waals surface area contributed by atoms with E-state index in [0.29, 0.717) is 11.8 Å². The number of methoxy groups -OCH3 is 1. The summed E-state index contributed by atoms with van der Waals surface area (Å²) in [6.45, 7) is -1.13. The lowest BCUT2D eigenvalue weighted by Gasteiger charge is -2.22. The summed E-state index contributed by atoms with van der Waals surface area (Å²) in [5.74, 6) is -3.76. The maximum atomic E-state index is 13.3. The number of β-amino-alcohol motifs (C(OH)–C–C–N with tert-alkyl or cyclic N) is 1. The predicted molar refractivity (Wildman–Crippen MR) is 103 cm³/mol. The molecule has 2 aromatic rings. The van der Waals surface area contributed by atoms with E-state index < -0.39 is 52.2 Å². The normalized spacial score (nSPS) is 19.2. The lowest BCUT2D eigenvalue weighted by atomic mass is 10.1. The number of hydrogen-bond donors (Lipinski definition) is 1. The number of aliphatic hydroxyl groups excluding tert-OH is 1. The molecule has 0 bridgehead atoms. The van der Waals surface area contributed by atoms with Crippen LogP contribution in [0.2, 0.25) is 0 Å². The van der Waals surface area contributed by atoms with Crippen LogP contribution in [-0.2, 0) is 19.6 Å². The van der Waals surface area contributed by atoms with Gasteiger partial charge in [-0.2, -0.15) is 4.31 Å². The Hall–Kier alpha value is -2.89. The Labute approximate surface area is 177 Å². The van der Waals surface area contributed by atoms with Gasteiger partial charge in [0.05, 0.1) is 18.1 Å². The zero-order chi connectivity index (χ0) is 22.8. The van der Waals surface area contributed by atoms with Crippen LogP contribution in [-0.4, -0.2) is 62.0 Å². The molecule has 1 saturated heterocycles. The lowest BCUT2D eigenvalue weighted by Crippen LogP contribution is -2.41. The van der Waals surface area contributed by atoms with E-state index >= 15 is 0 Å². The monoisotopic (exact) mass is 455 g/mol. The summed E-state index contributed by atoms with van der Waals surface area (Å²) in [7, 11) is -2.73. The van der Waals surface area contributed by atoms with E-state index in [4.69, 9.17) is 9.47 Å². The average molecular weight is 455 g/mol. The third-order valence-electron chi connectivity index (χ3n) is 4.76. The highest BCUT2D eigenvalue weighted by Crippen LogP contribution is 2.28. The number of benzene rings is 2. The van der Waals surface area contributed by atoms with Crippen molar-refractivity contribution in [2.24, 2.45) is 0 Å². The molecular formula is C20H19F2NO7S. The van der Waals surface area contributed by atoms with Gasteiger partial charge in [0, 0.05) is 18.5 Å². The van der Waals surface area contributed by atoms with Crippen LogP contribution in [0.15, 0.2) is 47.4 Å². The number of esters is 1. The molecule has 2 atom stereocenters. The minimum atomic E-state index is -4.15. The molecule has 0 spiro atoms. The van der Waals surface area contributed by atoms with Crippen molar-refractivity contribution < 1.29 is 41.4 Å². The Balaban J connectivity index is 1.72. The Bertz CT molecular complexity index is 1090. The van der Waals surface area contributed by atoms with Gasteiger partial charge in [0.1, 0.15) is 11.8 Å². The second-order valence-electron chi connectivity index (χ2n) is 6.82. The van der Waals surface area contributed by atoms with Crippen LogP contribution in [0.3, 0.4) is 0 Å². The molecule has 3 rings (SSSR count). The largest absolute Gasteiger partial charge is 0.497 e. The number of carbonyl (C=O) groups excluding carboxylic acids is 2. The highest BCUT2D eigenvalue weighted by Gasteiger charge is 2.44. The number of aliphatic hydroxyl groups is 1. The number of halogens is 2. The standard InChI is InChI=1S/C20H19F2NO7S/c1-29-14-3-5-15(6-4-14)31(27,28)23-10-13(24)9-18(23)20(26)30-11-19(25)12-2-7-16(21)17(22)8-12/h2-8,13,18,24H,9-11H2,1H3. The van der Waals surface area contributed by atoms with Gasteiger partial charge in [-0.3, -0.25) is 9.59 Å². The number of ether oxygens (including phenoxy) is 2. The zero-order valence-corrected chi connectivity index (χ0v) is 17.1. The number of carbonyl (C=O) groups is 2. The molecular weight excluding hydrogens is 436 g/mol. The van der Waals surface area contributed by atoms with Gasteiger partial charge < -0.3 is 14.6 Å². The molecule has 2 unspecified atom stereocenters. The van der Waals surface area contributed by atoms with Gasteiger partial charge in [-0.25, -0.2) is 17.2 Å². The fraction of sp³-hybridized carbons (Fsp3) is 0.300. The molecule has 1 aliphatic rings. The van der Waals surface area contributed by atoms with Crippen LogP contribution >= 0.6 is 0 Å². The fourth-order valence-electron chi connectivity index (χ4n) is 3.13. The van der Waals surface area contributed by atoms with Gasteiger partial charge in [0.15, 0.2) is 24.0 Å². The summed E-state index contributed by atoms with van der Waals surface area (Å²) in [6.07, 6.45) is -1.32. The molecule has 0 radical (unpaired) electrons. The summed E-state index contributed by atoms with van der Waals surface area (Å²) in [5.41, 5.74) is -0.208. The smallest absolute Gasteiger partial charge is 0.325 e. The minimum absolute atomic E-state index is 0.113. The average Bonchev–Trinajstić information content (AvgIpc) is 3.16. The van der Waals surface area contributed by atoms with Crippen molar-refractivity contribution in [2.45, 2.75) is 23.5 Å². The van der Waals surface area contributed by atoms with Crippen LogP contribution in [0.5, 0.6) is 5.75 Å². The minimum Gasteiger partial charge on any atom is -0.497 e. The molecule has 11 heteroatoms. The maximum Gasteiger partial charge on any atom is 0.325 e. The molecule has 0 aliphatic carbocycles.